The van der Waals surface area contributed by atoms with Crippen molar-refractivity contribution in [2.45, 2.75) is 19.8 Å². The lowest BCUT2D eigenvalue weighted by atomic mass is 10.0. The number of hydrogen-bond donors (Lipinski definition) is 0. The molecule has 0 atom stereocenters. The minimum atomic E-state index is -0.209. The van der Waals surface area contributed by atoms with Crippen molar-refractivity contribution in [1.82, 2.24) is 0 Å². The molecule has 12 heavy (non-hydrogen) atoms. The molecular formula is C10H13FO. The monoisotopic (exact) mass is 168 g/mol. The summed E-state index contributed by atoms with van der Waals surface area (Å²) in [6.45, 7) is 4.02. The van der Waals surface area contributed by atoms with E-state index in [2.05, 4.69) is 0 Å². The van der Waals surface area contributed by atoms with Crippen LogP contribution in [0.15, 0.2) is 18.2 Å². The Balaban J connectivity index is 3.12. The first kappa shape index (κ1) is 9.04. The Hall–Kier alpha value is -1.05. The van der Waals surface area contributed by atoms with Crippen molar-refractivity contribution < 1.29 is 9.13 Å². The third-order valence-electron chi connectivity index (χ3n) is 1.81. The molecule has 0 N–H and O–H groups in total. The summed E-state index contributed by atoms with van der Waals surface area (Å²) in [7, 11) is 1.60. The smallest absolute Gasteiger partial charge is 0.123 e. The normalized spacial score (nSPS) is 10.4. The highest BCUT2D eigenvalue weighted by molar-refractivity contribution is 5.36. The van der Waals surface area contributed by atoms with E-state index in [0.29, 0.717) is 0 Å². The summed E-state index contributed by atoms with van der Waals surface area (Å²) in [5.74, 6) is 0.835. The van der Waals surface area contributed by atoms with Crippen LogP contribution in [0, 0.1) is 5.82 Å². The predicted molar refractivity (Wildman–Crippen MR) is 47.0 cm³/mol. The van der Waals surface area contributed by atoms with Gasteiger partial charge in [0.15, 0.2) is 0 Å². The molecule has 0 bridgehead atoms. The van der Waals surface area contributed by atoms with E-state index in [1.165, 1.54) is 12.1 Å². The Labute approximate surface area is 72.2 Å². The molecule has 0 fully saturated rings. The molecule has 0 aromatic heterocycles. The highest BCUT2D eigenvalue weighted by Crippen LogP contribution is 2.26. The Morgan fingerprint density at radius 2 is 2.00 bits per heavy atom. The molecule has 1 nitrogen and oxygen atoms in total. The van der Waals surface area contributed by atoms with Crippen LogP contribution in [0.2, 0.25) is 0 Å². The summed E-state index contributed by atoms with van der Waals surface area (Å²) in [6, 6.07) is 4.58. The maximum absolute atomic E-state index is 12.8. The zero-order valence-electron chi connectivity index (χ0n) is 7.60. The van der Waals surface area contributed by atoms with Gasteiger partial charge in [0.05, 0.1) is 7.11 Å². The molecule has 0 unspecified atom stereocenters. The molecule has 0 aliphatic heterocycles. The maximum atomic E-state index is 12.8. The van der Waals surface area contributed by atoms with Gasteiger partial charge in [0.2, 0.25) is 0 Å². The quantitative estimate of drug-likeness (QED) is 0.659. The van der Waals surface area contributed by atoms with E-state index in [4.69, 9.17) is 4.74 Å². The van der Waals surface area contributed by atoms with E-state index in [1.807, 2.05) is 13.8 Å². The van der Waals surface area contributed by atoms with Crippen molar-refractivity contribution in [2.75, 3.05) is 7.11 Å². The van der Waals surface area contributed by atoms with Crippen LogP contribution in [-0.2, 0) is 0 Å². The van der Waals surface area contributed by atoms with E-state index < -0.39 is 0 Å². The Bertz CT molecular complexity index is 269. The largest absolute Gasteiger partial charge is 0.496 e. The number of ether oxygens (including phenoxy) is 1. The predicted octanol–water partition coefficient (Wildman–Crippen LogP) is 2.96. The van der Waals surface area contributed by atoms with Gasteiger partial charge in [0, 0.05) is 0 Å². The lowest BCUT2D eigenvalue weighted by Crippen LogP contribution is -1.94. The van der Waals surface area contributed by atoms with Gasteiger partial charge in [-0.15, -0.1) is 0 Å². The van der Waals surface area contributed by atoms with Crippen LogP contribution >= 0.6 is 0 Å². The third-order valence-corrected chi connectivity index (χ3v) is 1.81. The average molecular weight is 168 g/mol. The minimum absolute atomic E-state index is 0.209. The van der Waals surface area contributed by atoms with Gasteiger partial charge in [-0.2, -0.15) is 0 Å². The molecule has 0 saturated heterocycles. The van der Waals surface area contributed by atoms with Gasteiger partial charge in [0.25, 0.3) is 0 Å². The van der Waals surface area contributed by atoms with Gasteiger partial charge < -0.3 is 4.74 Å². The molecule has 2 heteroatoms. The Morgan fingerprint density at radius 3 is 2.50 bits per heavy atom. The van der Waals surface area contributed by atoms with Crippen LogP contribution in [-0.4, -0.2) is 7.11 Å². The highest BCUT2D eigenvalue weighted by Gasteiger charge is 2.07. The van der Waals surface area contributed by atoms with E-state index in [9.17, 15) is 4.39 Å². The van der Waals surface area contributed by atoms with E-state index in [-0.39, 0.29) is 11.7 Å². The fourth-order valence-electron chi connectivity index (χ4n) is 1.16. The summed E-state index contributed by atoms with van der Waals surface area (Å²) in [4.78, 5) is 0. The molecule has 0 saturated carbocycles. The van der Waals surface area contributed by atoms with Gasteiger partial charge in [-0.3, -0.25) is 0 Å². The second-order valence-corrected chi connectivity index (χ2v) is 3.04. The first-order valence-corrected chi connectivity index (χ1v) is 3.98. The minimum Gasteiger partial charge on any atom is -0.496 e. The molecule has 1 aromatic rings. The summed E-state index contributed by atoms with van der Waals surface area (Å²) in [5, 5.41) is 0. The van der Waals surface area contributed by atoms with Crippen LogP contribution in [0.1, 0.15) is 25.3 Å². The summed E-state index contributed by atoms with van der Waals surface area (Å²) in [5.41, 5.74) is 0.914. The van der Waals surface area contributed by atoms with Crippen LogP contribution in [0.25, 0.3) is 0 Å². The van der Waals surface area contributed by atoms with Crippen molar-refractivity contribution in [3.8, 4) is 5.75 Å². The van der Waals surface area contributed by atoms with E-state index in [1.54, 1.807) is 13.2 Å². The summed E-state index contributed by atoms with van der Waals surface area (Å²) < 4.78 is 17.9. The summed E-state index contributed by atoms with van der Waals surface area (Å²) >= 11 is 0. The van der Waals surface area contributed by atoms with Crippen LogP contribution < -0.4 is 4.74 Å². The third kappa shape index (κ3) is 1.76. The van der Waals surface area contributed by atoms with Crippen molar-refractivity contribution in [2.24, 2.45) is 0 Å². The standard InChI is InChI=1S/C10H13FO/c1-7(2)9-6-8(11)4-5-10(9)12-3/h4-7H,1-3H3. The highest BCUT2D eigenvalue weighted by atomic mass is 19.1. The van der Waals surface area contributed by atoms with Gasteiger partial charge in [0.1, 0.15) is 11.6 Å². The van der Waals surface area contributed by atoms with Crippen LogP contribution in [0.3, 0.4) is 0 Å². The van der Waals surface area contributed by atoms with Crippen LogP contribution in [0.4, 0.5) is 4.39 Å². The summed E-state index contributed by atoms with van der Waals surface area (Å²) in [6.07, 6.45) is 0. The lowest BCUT2D eigenvalue weighted by molar-refractivity contribution is 0.406. The lowest BCUT2D eigenvalue weighted by Gasteiger charge is -2.10. The number of rotatable bonds is 2. The molecule has 66 valence electrons. The molecule has 0 aliphatic rings. The number of halogens is 1. The van der Waals surface area contributed by atoms with Crippen molar-refractivity contribution in [1.29, 1.82) is 0 Å². The SMILES string of the molecule is COc1ccc(F)cc1C(C)C. The molecule has 1 rings (SSSR count). The zero-order chi connectivity index (χ0) is 9.14. The molecular weight excluding hydrogens is 155 g/mol. The Morgan fingerprint density at radius 1 is 1.33 bits per heavy atom. The number of hydrogen-bond acceptors (Lipinski definition) is 1. The molecule has 0 heterocycles. The zero-order valence-corrected chi connectivity index (χ0v) is 7.60. The fraction of sp³-hybridized carbons (Fsp3) is 0.400. The second kappa shape index (κ2) is 3.57. The second-order valence-electron chi connectivity index (χ2n) is 3.04. The first-order valence-electron chi connectivity index (χ1n) is 3.98. The first-order chi connectivity index (χ1) is 5.65. The fourth-order valence-corrected chi connectivity index (χ4v) is 1.16. The topological polar surface area (TPSA) is 9.23 Å². The van der Waals surface area contributed by atoms with Crippen molar-refractivity contribution in [3.63, 3.8) is 0 Å². The molecule has 0 radical (unpaired) electrons. The Kier molecular flexibility index (Phi) is 2.69. The molecule has 1 aromatic carbocycles. The van der Waals surface area contributed by atoms with E-state index in [0.717, 1.165) is 11.3 Å². The molecule has 0 spiro atoms. The van der Waals surface area contributed by atoms with E-state index >= 15 is 0 Å². The maximum Gasteiger partial charge on any atom is 0.123 e. The van der Waals surface area contributed by atoms with Crippen LogP contribution in [0.5, 0.6) is 5.75 Å². The average Bonchev–Trinajstić information content (AvgIpc) is 2.04. The number of benzene rings is 1. The molecule has 0 aliphatic carbocycles. The van der Waals surface area contributed by atoms with Crippen molar-refractivity contribution >= 4 is 0 Å². The van der Waals surface area contributed by atoms with Gasteiger partial charge in [-0.1, -0.05) is 13.8 Å². The van der Waals surface area contributed by atoms with Gasteiger partial charge in [-0.05, 0) is 29.7 Å². The molecule has 0 amide bonds. The van der Waals surface area contributed by atoms with Gasteiger partial charge in [-0.25, -0.2) is 4.39 Å². The van der Waals surface area contributed by atoms with Crippen molar-refractivity contribution in [3.05, 3.63) is 29.6 Å². The van der Waals surface area contributed by atoms with Gasteiger partial charge >= 0.3 is 0 Å². The number of methoxy groups -OCH3 is 1.